The largest absolute Gasteiger partial charge is 0.314 e. The van der Waals surface area contributed by atoms with E-state index in [1.807, 2.05) is 12.1 Å². The van der Waals surface area contributed by atoms with Gasteiger partial charge in [0.2, 0.25) is 10.0 Å². The Balaban J connectivity index is 0.00000220. The molecule has 0 aromatic heterocycles. The van der Waals surface area contributed by atoms with Crippen LogP contribution in [-0.2, 0) is 16.6 Å². The Morgan fingerprint density at radius 3 is 2.71 bits per heavy atom. The van der Waals surface area contributed by atoms with Crippen molar-refractivity contribution < 1.29 is 8.42 Å². The van der Waals surface area contributed by atoms with Gasteiger partial charge < -0.3 is 5.32 Å². The van der Waals surface area contributed by atoms with Crippen LogP contribution in [0.25, 0.3) is 0 Å². The number of piperazine rings is 1. The van der Waals surface area contributed by atoms with Gasteiger partial charge >= 0.3 is 0 Å². The summed E-state index contributed by atoms with van der Waals surface area (Å²) in [5, 5.41) is 3.36. The Hall–Kier alpha value is -0.660. The first kappa shape index (κ1) is 18.4. The minimum Gasteiger partial charge on any atom is -0.314 e. The van der Waals surface area contributed by atoms with Gasteiger partial charge in [-0.25, -0.2) is 12.7 Å². The standard InChI is InChI=1S/C14H23N3O2S.ClH/c1-12-10-15-7-8-17(12)11-13-5-4-6-14(9-13)20(18,19)16(2)3;/h4-6,9,12,15H,7-8,10-11H2,1-3H3;1H/t12-;/m1./s1. The average Bonchev–Trinajstić information content (AvgIpc) is 2.41. The van der Waals surface area contributed by atoms with Crippen molar-refractivity contribution in [3.63, 3.8) is 0 Å². The summed E-state index contributed by atoms with van der Waals surface area (Å²) < 4.78 is 25.5. The molecule has 2 rings (SSSR count). The van der Waals surface area contributed by atoms with Crippen LogP contribution < -0.4 is 5.32 Å². The molecule has 1 atom stereocenters. The van der Waals surface area contributed by atoms with E-state index in [4.69, 9.17) is 0 Å². The van der Waals surface area contributed by atoms with Crippen molar-refractivity contribution in [2.75, 3.05) is 33.7 Å². The average molecular weight is 334 g/mol. The zero-order chi connectivity index (χ0) is 14.8. The number of nitrogens with one attached hydrogen (secondary N) is 1. The van der Waals surface area contributed by atoms with Gasteiger partial charge in [-0.3, -0.25) is 4.90 Å². The van der Waals surface area contributed by atoms with E-state index in [9.17, 15) is 8.42 Å². The lowest BCUT2D eigenvalue weighted by Gasteiger charge is -2.34. The van der Waals surface area contributed by atoms with E-state index in [-0.39, 0.29) is 12.4 Å². The fourth-order valence-electron chi connectivity index (χ4n) is 2.37. The topological polar surface area (TPSA) is 52.7 Å². The van der Waals surface area contributed by atoms with E-state index in [2.05, 4.69) is 17.1 Å². The smallest absolute Gasteiger partial charge is 0.242 e. The lowest BCUT2D eigenvalue weighted by Crippen LogP contribution is -2.49. The highest BCUT2D eigenvalue weighted by Gasteiger charge is 2.20. The molecule has 21 heavy (non-hydrogen) atoms. The normalized spacial score (nSPS) is 20.3. The molecule has 0 aliphatic carbocycles. The summed E-state index contributed by atoms with van der Waals surface area (Å²) in [6.07, 6.45) is 0. The van der Waals surface area contributed by atoms with Crippen molar-refractivity contribution >= 4 is 22.4 Å². The number of benzene rings is 1. The summed E-state index contributed by atoms with van der Waals surface area (Å²) in [5.41, 5.74) is 1.04. The Labute approximate surface area is 133 Å². The summed E-state index contributed by atoms with van der Waals surface area (Å²) in [5.74, 6) is 0. The molecule has 1 aromatic carbocycles. The zero-order valence-electron chi connectivity index (χ0n) is 12.7. The number of sulfonamides is 1. The van der Waals surface area contributed by atoms with Gasteiger partial charge in [0.1, 0.15) is 0 Å². The van der Waals surface area contributed by atoms with Crippen molar-refractivity contribution in [3.8, 4) is 0 Å². The van der Waals surface area contributed by atoms with Crippen molar-refractivity contribution in [2.24, 2.45) is 0 Å². The molecular weight excluding hydrogens is 310 g/mol. The highest BCUT2D eigenvalue weighted by atomic mass is 35.5. The molecule has 5 nitrogen and oxygen atoms in total. The molecule has 0 radical (unpaired) electrons. The molecule has 0 bridgehead atoms. The number of nitrogens with zero attached hydrogens (tertiary/aromatic N) is 2. The fraction of sp³-hybridized carbons (Fsp3) is 0.571. The first-order chi connectivity index (χ1) is 9.41. The lowest BCUT2D eigenvalue weighted by molar-refractivity contribution is 0.165. The fourth-order valence-corrected chi connectivity index (χ4v) is 3.34. The summed E-state index contributed by atoms with van der Waals surface area (Å²) in [6.45, 7) is 5.94. The molecule has 1 aliphatic rings. The predicted molar refractivity (Wildman–Crippen MR) is 87.3 cm³/mol. The molecule has 7 heteroatoms. The number of halogens is 1. The van der Waals surface area contributed by atoms with Gasteiger partial charge in [0.15, 0.2) is 0 Å². The third-order valence-electron chi connectivity index (χ3n) is 3.70. The number of hydrogen-bond acceptors (Lipinski definition) is 4. The van der Waals surface area contributed by atoms with Gasteiger partial charge in [-0.15, -0.1) is 12.4 Å². The SMILES string of the molecule is C[C@@H]1CNCCN1Cc1cccc(S(=O)(=O)N(C)C)c1.Cl. The van der Waals surface area contributed by atoms with E-state index >= 15 is 0 Å². The summed E-state index contributed by atoms with van der Waals surface area (Å²) in [7, 11) is -0.239. The Morgan fingerprint density at radius 1 is 1.38 bits per heavy atom. The molecule has 0 spiro atoms. The van der Waals surface area contributed by atoms with Gasteiger partial charge in [0.05, 0.1) is 4.90 Å². The lowest BCUT2D eigenvalue weighted by atomic mass is 10.1. The van der Waals surface area contributed by atoms with Crippen molar-refractivity contribution in [1.82, 2.24) is 14.5 Å². The minimum absolute atomic E-state index is 0. The summed E-state index contributed by atoms with van der Waals surface area (Å²) in [4.78, 5) is 2.74. The second-order valence-electron chi connectivity index (χ2n) is 5.46. The monoisotopic (exact) mass is 333 g/mol. The van der Waals surface area contributed by atoms with Gasteiger partial charge in [0, 0.05) is 46.3 Å². The molecular formula is C14H24ClN3O2S. The van der Waals surface area contributed by atoms with Crippen LogP contribution in [0.5, 0.6) is 0 Å². The number of hydrogen-bond donors (Lipinski definition) is 1. The van der Waals surface area contributed by atoms with Crippen molar-refractivity contribution in [1.29, 1.82) is 0 Å². The summed E-state index contributed by atoms with van der Waals surface area (Å²) in [6, 6.07) is 7.71. The molecule has 0 unspecified atom stereocenters. The highest BCUT2D eigenvalue weighted by molar-refractivity contribution is 7.89. The second kappa shape index (κ2) is 7.56. The summed E-state index contributed by atoms with van der Waals surface area (Å²) >= 11 is 0. The quantitative estimate of drug-likeness (QED) is 0.898. The maximum Gasteiger partial charge on any atom is 0.242 e. The second-order valence-corrected chi connectivity index (χ2v) is 7.61. The van der Waals surface area contributed by atoms with E-state index < -0.39 is 10.0 Å². The highest BCUT2D eigenvalue weighted by Crippen LogP contribution is 2.17. The van der Waals surface area contributed by atoms with Gasteiger partial charge in [-0.2, -0.15) is 0 Å². The van der Waals surface area contributed by atoms with E-state index in [0.29, 0.717) is 10.9 Å². The molecule has 1 saturated heterocycles. The van der Waals surface area contributed by atoms with Crippen LogP contribution in [-0.4, -0.2) is 57.4 Å². The first-order valence-corrected chi connectivity index (χ1v) is 8.31. The van der Waals surface area contributed by atoms with Crippen LogP contribution in [0.15, 0.2) is 29.2 Å². The van der Waals surface area contributed by atoms with Crippen molar-refractivity contribution in [3.05, 3.63) is 29.8 Å². The predicted octanol–water partition coefficient (Wildman–Crippen LogP) is 1.15. The van der Waals surface area contributed by atoms with Gasteiger partial charge in [-0.05, 0) is 24.6 Å². The Bertz CT molecular complexity index is 563. The maximum atomic E-state index is 12.1. The van der Waals surface area contributed by atoms with Gasteiger partial charge in [-0.1, -0.05) is 12.1 Å². The van der Waals surface area contributed by atoms with Crippen LogP contribution >= 0.6 is 12.4 Å². The Morgan fingerprint density at radius 2 is 2.10 bits per heavy atom. The van der Waals surface area contributed by atoms with Crippen LogP contribution in [0.1, 0.15) is 12.5 Å². The number of rotatable bonds is 4. The minimum atomic E-state index is -3.35. The first-order valence-electron chi connectivity index (χ1n) is 6.87. The molecule has 1 fully saturated rings. The molecule has 0 amide bonds. The van der Waals surface area contributed by atoms with Crippen molar-refractivity contribution in [2.45, 2.75) is 24.4 Å². The molecule has 120 valence electrons. The van der Waals surface area contributed by atoms with Crippen LogP contribution in [0.4, 0.5) is 0 Å². The Kier molecular flexibility index (Phi) is 6.62. The van der Waals surface area contributed by atoms with E-state index in [0.717, 1.165) is 31.7 Å². The maximum absolute atomic E-state index is 12.1. The molecule has 1 N–H and O–H groups in total. The van der Waals surface area contributed by atoms with Gasteiger partial charge in [0.25, 0.3) is 0 Å². The van der Waals surface area contributed by atoms with Crippen LogP contribution in [0, 0.1) is 0 Å². The molecule has 1 aliphatic heterocycles. The third-order valence-corrected chi connectivity index (χ3v) is 5.51. The molecule has 1 heterocycles. The van der Waals surface area contributed by atoms with E-state index in [1.165, 1.54) is 4.31 Å². The molecule has 1 aromatic rings. The molecule has 0 saturated carbocycles. The van der Waals surface area contributed by atoms with Crippen LogP contribution in [0.3, 0.4) is 0 Å². The van der Waals surface area contributed by atoms with Crippen LogP contribution in [0.2, 0.25) is 0 Å². The zero-order valence-corrected chi connectivity index (χ0v) is 14.4. The third kappa shape index (κ3) is 4.40. The van der Waals surface area contributed by atoms with E-state index in [1.54, 1.807) is 26.2 Å².